The van der Waals surface area contributed by atoms with Crippen LogP contribution in [0.2, 0.25) is 0 Å². The third-order valence-corrected chi connectivity index (χ3v) is 5.64. The molecule has 130 valence electrons. The number of rotatable bonds is 4. The van der Waals surface area contributed by atoms with E-state index < -0.39 is 5.41 Å². The minimum absolute atomic E-state index is 0.272. The number of halogens is 1. The lowest BCUT2D eigenvalue weighted by Gasteiger charge is -2.23. The van der Waals surface area contributed by atoms with Crippen molar-refractivity contribution in [1.82, 2.24) is 15.1 Å². The molecule has 1 fully saturated rings. The number of hydrogen-bond acceptors (Lipinski definition) is 7. The van der Waals surface area contributed by atoms with Crippen LogP contribution in [0.25, 0.3) is 10.8 Å². The van der Waals surface area contributed by atoms with E-state index in [4.69, 9.17) is 9.26 Å². The van der Waals surface area contributed by atoms with Crippen LogP contribution in [0.4, 0.5) is 9.52 Å². The highest BCUT2D eigenvalue weighted by Gasteiger charge is 2.43. The first-order valence-electron chi connectivity index (χ1n) is 7.96. The predicted molar refractivity (Wildman–Crippen MR) is 92.3 cm³/mol. The van der Waals surface area contributed by atoms with Crippen LogP contribution in [0, 0.1) is 12.7 Å². The highest BCUT2D eigenvalue weighted by Crippen LogP contribution is 2.40. The molecule has 6 nitrogen and oxygen atoms in total. The maximum absolute atomic E-state index is 13.3. The Morgan fingerprint density at radius 3 is 2.68 bits per heavy atom. The lowest BCUT2D eigenvalue weighted by Crippen LogP contribution is -2.29. The van der Waals surface area contributed by atoms with Crippen LogP contribution in [-0.4, -0.2) is 35.4 Å². The smallest absolute Gasteiger partial charge is 0.270 e. The van der Waals surface area contributed by atoms with Crippen molar-refractivity contribution < 1.29 is 13.7 Å². The van der Waals surface area contributed by atoms with Gasteiger partial charge in [0.1, 0.15) is 10.7 Å². The molecule has 0 unspecified atom stereocenters. The molecule has 0 saturated carbocycles. The average molecular weight is 360 g/mol. The summed E-state index contributed by atoms with van der Waals surface area (Å²) in [5.41, 5.74) is 1.25. The second-order valence-electron chi connectivity index (χ2n) is 6.00. The molecule has 0 aliphatic carbocycles. The molecule has 25 heavy (non-hydrogen) atoms. The van der Waals surface area contributed by atoms with Crippen molar-refractivity contribution in [2.75, 3.05) is 25.6 Å². The lowest BCUT2D eigenvalue weighted by atomic mass is 9.79. The van der Waals surface area contributed by atoms with Gasteiger partial charge in [0.05, 0.1) is 17.7 Å². The van der Waals surface area contributed by atoms with Gasteiger partial charge >= 0.3 is 0 Å². The van der Waals surface area contributed by atoms with E-state index in [-0.39, 0.29) is 5.82 Å². The third kappa shape index (κ3) is 2.71. The number of aryl methyl sites for hydroxylation is 1. The Labute approximate surface area is 148 Å². The lowest BCUT2D eigenvalue weighted by molar-refractivity contribution is 0.182. The molecule has 0 radical (unpaired) electrons. The van der Waals surface area contributed by atoms with E-state index in [1.807, 2.05) is 14.0 Å². The number of nitrogens with one attached hydrogen (secondary N) is 1. The maximum Gasteiger partial charge on any atom is 0.270 e. The van der Waals surface area contributed by atoms with Crippen LogP contribution in [0.15, 0.2) is 28.8 Å². The second kappa shape index (κ2) is 6.20. The minimum Gasteiger partial charge on any atom is -0.380 e. The van der Waals surface area contributed by atoms with E-state index >= 15 is 0 Å². The fourth-order valence-electron chi connectivity index (χ4n) is 3.08. The predicted octanol–water partition coefficient (Wildman–Crippen LogP) is 3.39. The van der Waals surface area contributed by atoms with Crippen molar-refractivity contribution in [3.8, 4) is 10.8 Å². The van der Waals surface area contributed by atoms with Gasteiger partial charge in [-0.25, -0.2) is 9.37 Å². The van der Waals surface area contributed by atoms with Crippen molar-refractivity contribution in [1.29, 1.82) is 0 Å². The van der Waals surface area contributed by atoms with Crippen LogP contribution in [-0.2, 0) is 10.2 Å². The molecular formula is C17H17FN4O2S. The van der Waals surface area contributed by atoms with Gasteiger partial charge in [-0.1, -0.05) is 28.6 Å². The van der Waals surface area contributed by atoms with Crippen LogP contribution in [0.3, 0.4) is 0 Å². The maximum atomic E-state index is 13.3. The summed E-state index contributed by atoms with van der Waals surface area (Å²) in [6.45, 7) is 2.96. The van der Waals surface area contributed by atoms with Gasteiger partial charge in [0.25, 0.3) is 5.89 Å². The molecule has 1 aromatic carbocycles. The number of ether oxygens (including phenoxy) is 1. The first-order chi connectivity index (χ1) is 12.1. The Balaban J connectivity index is 1.76. The first-order valence-corrected chi connectivity index (χ1v) is 8.77. The summed E-state index contributed by atoms with van der Waals surface area (Å²) in [4.78, 5) is 9.89. The second-order valence-corrected chi connectivity index (χ2v) is 7.00. The van der Waals surface area contributed by atoms with E-state index in [9.17, 15) is 4.39 Å². The zero-order valence-corrected chi connectivity index (χ0v) is 14.7. The summed E-state index contributed by atoms with van der Waals surface area (Å²) in [5, 5.41) is 8.04. The molecule has 1 N–H and O–H groups in total. The van der Waals surface area contributed by atoms with Crippen molar-refractivity contribution in [2.45, 2.75) is 18.8 Å². The topological polar surface area (TPSA) is 73.1 Å². The summed E-state index contributed by atoms with van der Waals surface area (Å²) in [6, 6.07) is 6.42. The minimum atomic E-state index is -0.514. The summed E-state index contributed by atoms with van der Waals surface area (Å²) in [5.74, 6) is 0.733. The third-order valence-electron chi connectivity index (χ3n) is 4.48. The Morgan fingerprint density at radius 2 is 2.04 bits per heavy atom. The number of thiazole rings is 1. The number of benzene rings is 1. The quantitative estimate of drug-likeness (QED) is 0.769. The summed E-state index contributed by atoms with van der Waals surface area (Å²) in [7, 11) is 1.82. The van der Waals surface area contributed by atoms with Gasteiger partial charge in [0, 0.05) is 13.7 Å². The highest BCUT2D eigenvalue weighted by atomic mass is 32.1. The van der Waals surface area contributed by atoms with Gasteiger partial charge in [-0.3, -0.25) is 0 Å². The average Bonchev–Trinajstić information content (AvgIpc) is 3.34. The van der Waals surface area contributed by atoms with Gasteiger partial charge in [-0.15, -0.1) is 0 Å². The van der Waals surface area contributed by atoms with Crippen LogP contribution < -0.4 is 5.32 Å². The zero-order chi connectivity index (χ0) is 17.4. The Morgan fingerprint density at radius 1 is 1.24 bits per heavy atom. The number of hydrogen-bond donors (Lipinski definition) is 1. The molecule has 4 rings (SSSR count). The standard InChI is InChI=1S/C17H17FN4O2S/c1-10-13(25-16(19-2)20-10)14-21-15(22-24-14)17(7-8-23-9-17)11-3-5-12(18)6-4-11/h3-6H,7-9H2,1-2H3,(H,19,20)/t17-/m0/s1. The van der Waals surface area contributed by atoms with Gasteiger partial charge < -0.3 is 14.6 Å². The Kier molecular flexibility index (Phi) is 4.01. The first kappa shape index (κ1) is 16.2. The van der Waals surface area contributed by atoms with E-state index in [1.54, 1.807) is 12.1 Å². The van der Waals surface area contributed by atoms with Gasteiger partial charge in [0.15, 0.2) is 11.0 Å². The number of anilines is 1. The Hall–Kier alpha value is -2.32. The molecule has 1 atom stereocenters. The van der Waals surface area contributed by atoms with Crippen molar-refractivity contribution in [2.24, 2.45) is 0 Å². The van der Waals surface area contributed by atoms with Crippen molar-refractivity contribution >= 4 is 16.5 Å². The molecular weight excluding hydrogens is 343 g/mol. The normalized spacial score (nSPS) is 20.1. The van der Waals surface area contributed by atoms with E-state index in [0.29, 0.717) is 24.9 Å². The SMILES string of the molecule is CNc1nc(C)c(-c2nc([C@@]3(c4ccc(F)cc4)CCOC3)no2)s1. The van der Waals surface area contributed by atoms with Crippen LogP contribution in [0.1, 0.15) is 23.5 Å². The largest absolute Gasteiger partial charge is 0.380 e. The zero-order valence-electron chi connectivity index (χ0n) is 13.9. The van der Waals surface area contributed by atoms with E-state index in [2.05, 4.69) is 20.4 Å². The molecule has 8 heteroatoms. The van der Waals surface area contributed by atoms with Crippen LogP contribution in [0.5, 0.6) is 0 Å². The monoisotopic (exact) mass is 360 g/mol. The van der Waals surface area contributed by atoms with Gasteiger partial charge in [-0.2, -0.15) is 4.98 Å². The van der Waals surface area contributed by atoms with Crippen molar-refractivity contribution in [3.63, 3.8) is 0 Å². The molecule has 0 bridgehead atoms. The van der Waals surface area contributed by atoms with E-state index in [0.717, 1.165) is 27.7 Å². The van der Waals surface area contributed by atoms with Gasteiger partial charge in [0.2, 0.25) is 0 Å². The molecule has 0 spiro atoms. The molecule has 3 aromatic rings. The molecule has 3 heterocycles. The number of aromatic nitrogens is 3. The van der Waals surface area contributed by atoms with Crippen LogP contribution >= 0.6 is 11.3 Å². The fraction of sp³-hybridized carbons (Fsp3) is 0.353. The highest BCUT2D eigenvalue weighted by molar-refractivity contribution is 7.19. The summed E-state index contributed by atoms with van der Waals surface area (Å²) < 4.78 is 24.5. The van der Waals surface area contributed by atoms with E-state index in [1.165, 1.54) is 23.5 Å². The molecule has 1 saturated heterocycles. The molecule has 0 amide bonds. The molecule has 2 aromatic heterocycles. The summed E-state index contributed by atoms with van der Waals surface area (Å²) in [6.07, 6.45) is 0.723. The molecule has 1 aliphatic heterocycles. The number of nitrogens with zero attached hydrogens (tertiary/aromatic N) is 3. The fourth-order valence-corrected chi connectivity index (χ4v) is 3.92. The van der Waals surface area contributed by atoms with Gasteiger partial charge in [-0.05, 0) is 31.0 Å². The molecule has 1 aliphatic rings. The van der Waals surface area contributed by atoms with Crippen molar-refractivity contribution in [3.05, 3.63) is 47.2 Å². The Bertz CT molecular complexity index is 884. The summed E-state index contributed by atoms with van der Waals surface area (Å²) >= 11 is 1.47.